The van der Waals surface area contributed by atoms with Gasteiger partial charge in [-0.25, -0.2) is 0 Å². The van der Waals surface area contributed by atoms with Gasteiger partial charge in [-0.1, -0.05) is 24.3 Å². The van der Waals surface area contributed by atoms with Gasteiger partial charge < -0.3 is 15.8 Å². The largest absolute Gasteiger partial charge is 0.368 e. The highest BCUT2D eigenvalue weighted by molar-refractivity contribution is 5.79. The van der Waals surface area contributed by atoms with Crippen molar-refractivity contribution in [2.75, 3.05) is 13.2 Å². The molecular weight excluding hydrogens is 256 g/mol. The first-order valence-electron chi connectivity index (χ1n) is 6.72. The van der Waals surface area contributed by atoms with Crippen LogP contribution >= 0.6 is 0 Å². The summed E-state index contributed by atoms with van der Waals surface area (Å²) in [5.41, 5.74) is 7.29. The topological polar surface area (TPSA) is 81.4 Å². The monoisotopic (exact) mass is 276 g/mol. The van der Waals surface area contributed by atoms with Gasteiger partial charge in [0.15, 0.2) is 0 Å². The molecule has 0 atom stereocenters. The van der Waals surface area contributed by atoms with E-state index in [1.165, 1.54) is 11.1 Å². The van der Waals surface area contributed by atoms with Gasteiger partial charge in [-0.2, -0.15) is 0 Å². The number of amides is 2. The molecule has 1 fully saturated rings. The quantitative estimate of drug-likeness (QED) is 0.768. The zero-order valence-corrected chi connectivity index (χ0v) is 11.6. The minimum absolute atomic E-state index is 0.127. The molecule has 0 radical (unpaired) electrons. The Kier molecular flexibility index (Phi) is 4.39. The molecule has 1 saturated carbocycles. The lowest BCUT2D eigenvalue weighted by Crippen LogP contribution is -2.41. The Bertz CT molecular complexity index is 510. The molecule has 0 unspecified atom stereocenters. The zero-order valence-electron chi connectivity index (χ0n) is 11.6. The second-order valence-corrected chi connectivity index (χ2v) is 5.39. The summed E-state index contributed by atoms with van der Waals surface area (Å²) in [5.74, 6) is -0.767. The fourth-order valence-corrected chi connectivity index (χ4v) is 2.25. The standard InChI is InChI=1S/C15H20N2O3/c1-11-4-2-3-5-12(11)8-15(6-7-15)17-14(19)10-20-9-13(16)18/h2-5H,6-10H2,1H3,(H2,16,18)(H,17,19). The van der Waals surface area contributed by atoms with Gasteiger partial charge in [-0.05, 0) is 37.3 Å². The van der Waals surface area contributed by atoms with Crippen LogP contribution in [0.25, 0.3) is 0 Å². The van der Waals surface area contributed by atoms with E-state index >= 15 is 0 Å². The molecule has 1 aliphatic rings. The molecule has 5 heteroatoms. The van der Waals surface area contributed by atoms with Gasteiger partial charge in [0, 0.05) is 5.54 Å². The van der Waals surface area contributed by atoms with Gasteiger partial charge in [0.1, 0.15) is 13.2 Å². The molecule has 108 valence electrons. The van der Waals surface area contributed by atoms with Crippen molar-refractivity contribution in [3.63, 3.8) is 0 Å². The van der Waals surface area contributed by atoms with Crippen LogP contribution in [0.3, 0.4) is 0 Å². The van der Waals surface area contributed by atoms with Crippen molar-refractivity contribution >= 4 is 11.8 Å². The molecule has 1 aliphatic carbocycles. The highest BCUT2D eigenvalue weighted by Gasteiger charge is 2.44. The van der Waals surface area contributed by atoms with Gasteiger partial charge in [0.2, 0.25) is 11.8 Å². The molecule has 0 heterocycles. The second-order valence-electron chi connectivity index (χ2n) is 5.39. The first-order chi connectivity index (χ1) is 9.51. The number of primary amides is 1. The lowest BCUT2D eigenvalue weighted by atomic mass is 9.99. The number of rotatable bonds is 7. The number of carbonyl (C=O) groups excluding carboxylic acids is 2. The Labute approximate surface area is 118 Å². The number of ether oxygens (including phenoxy) is 1. The highest BCUT2D eigenvalue weighted by Crippen LogP contribution is 2.39. The van der Waals surface area contributed by atoms with E-state index in [4.69, 9.17) is 10.5 Å². The minimum atomic E-state index is -0.571. The number of hydrogen-bond donors (Lipinski definition) is 2. The molecule has 0 bridgehead atoms. The maximum absolute atomic E-state index is 11.8. The van der Waals surface area contributed by atoms with Crippen molar-refractivity contribution in [2.24, 2.45) is 5.73 Å². The molecule has 1 aromatic rings. The van der Waals surface area contributed by atoms with Crippen LogP contribution in [-0.4, -0.2) is 30.6 Å². The first kappa shape index (κ1) is 14.5. The normalized spacial score (nSPS) is 15.7. The molecule has 0 aliphatic heterocycles. The number of nitrogens with one attached hydrogen (secondary N) is 1. The van der Waals surface area contributed by atoms with Crippen molar-refractivity contribution in [2.45, 2.75) is 31.7 Å². The summed E-state index contributed by atoms with van der Waals surface area (Å²) in [6, 6.07) is 8.18. The first-order valence-corrected chi connectivity index (χ1v) is 6.72. The van der Waals surface area contributed by atoms with Crippen LogP contribution in [0.2, 0.25) is 0 Å². The van der Waals surface area contributed by atoms with E-state index in [0.29, 0.717) is 0 Å². The zero-order chi connectivity index (χ0) is 14.6. The molecule has 0 spiro atoms. The lowest BCUT2D eigenvalue weighted by Gasteiger charge is -2.18. The van der Waals surface area contributed by atoms with Crippen molar-refractivity contribution in [3.05, 3.63) is 35.4 Å². The van der Waals surface area contributed by atoms with E-state index in [2.05, 4.69) is 24.4 Å². The fourth-order valence-electron chi connectivity index (χ4n) is 2.25. The molecule has 2 amide bonds. The molecule has 0 saturated heterocycles. The van der Waals surface area contributed by atoms with Crippen molar-refractivity contribution in [1.82, 2.24) is 5.32 Å². The van der Waals surface area contributed by atoms with Crippen LogP contribution in [0.4, 0.5) is 0 Å². The van der Waals surface area contributed by atoms with Crippen LogP contribution < -0.4 is 11.1 Å². The summed E-state index contributed by atoms with van der Waals surface area (Å²) in [5, 5.41) is 3.00. The molecule has 0 aromatic heterocycles. The third-order valence-corrected chi connectivity index (χ3v) is 3.53. The van der Waals surface area contributed by atoms with E-state index in [1.807, 2.05) is 12.1 Å². The van der Waals surface area contributed by atoms with Gasteiger partial charge in [-0.15, -0.1) is 0 Å². The van der Waals surface area contributed by atoms with Crippen LogP contribution in [-0.2, 0) is 20.7 Å². The summed E-state index contributed by atoms with van der Waals surface area (Å²) in [7, 11) is 0. The van der Waals surface area contributed by atoms with Crippen LogP contribution in [0, 0.1) is 6.92 Å². The number of hydrogen-bond acceptors (Lipinski definition) is 3. The average Bonchev–Trinajstić information content (AvgIpc) is 3.11. The van der Waals surface area contributed by atoms with E-state index < -0.39 is 5.91 Å². The summed E-state index contributed by atoms with van der Waals surface area (Å²) < 4.78 is 4.92. The molecule has 2 rings (SSSR count). The summed E-state index contributed by atoms with van der Waals surface area (Å²) >= 11 is 0. The van der Waals surface area contributed by atoms with Crippen LogP contribution in [0.1, 0.15) is 24.0 Å². The molecule has 1 aromatic carbocycles. The SMILES string of the molecule is Cc1ccccc1CC1(NC(=O)COCC(N)=O)CC1. The van der Waals surface area contributed by atoms with E-state index in [9.17, 15) is 9.59 Å². The highest BCUT2D eigenvalue weighted by atomic mass is 16.5. The van der Waals surface area contributed by atoms with Crippen molar-refractivity contribution in [3.8, 4) is 0 Å². The molecular formula is C15H20N2O3. The summed E-state index contributed by atoms with van der Waals surface area (Å²) in [6.07, 6.45) is 2.78. The summed E-state index contributed by atoms with van der Waals surface area (Å²) in [4.78, 5) is 22.3. The van der Waals surface area contributed by atoms with Gasteiger partial charge in [0.25, 0.3) is 0 Å². The number of carbonyl (C=O) groups is 2. The summed E-state index contributed by atoms with van der Waals surface area (Å²) in [6.45, 7) is 1.72. The maximum Gasteiger partial charge on any atom is 0.246 e. The van der Waals surface area contributed by atoms with Gasteiger partial charge in [-0.3, -0.25) is 9.59 Å². The third kappa shape index (κ3) is 4.06. The lowest BCUT2D eigenvalue weighted by molar-refractivity contribution is -0.130. The second kappa shape index (κ2) is 6.05. The average molecular weight is 276 g/mol. The Morgan fingerprint density at radius 3 is 2.60 bits per heavy atom. The number of aryl methyl sites for hydroxylation is 1. The molecule has 3 N–H and O–H groups in total. The van der Waals surface area contributed by atoms with Gasteiger partial charge in [0.05, 0.1) is 0 Å². The Morgan fingerprint density at radius 1 is 1.30 bits per heavy atom. The smallest absolute Gasteiger partial charge is 0.246 e. The van der Waals surface area contributed by atoms with E-state index in [1.54, 1.807) is 0 Å². The van der Waals surface area contributed by atoms with E-state index in [0.717, 1.165) is 19.3 Å². The van der Waals surface area contributed by atoms with Gasteiger partial charge >= 0.3 is 0 Å². The Hall–Kier alpha value is -1.88. The van der Waals surface area contributed by atoms with Crippen LogP contribution in [0.5, 0.6) is 0 Å². The number of nitrogens with two attached hydrogens (primary N) is 1. The predicted molar refractivity (Wildman–Crippen MR) is 75.0 cm³/mol. The Balaban J connectivity index is 1.84. The predicted octanol–water partition coefficient (Wildman–Crippen LogP) is 0.688. The maximum atomic E-state index is 11.8. The minimum Gasteiger partial charge on any atom is -0.368 e. The van der Waals surface area contributed by atoms with E-state index in [-0.39, 0.29) is 24.7 Å². The Morgan fingerprint density at radius 2 is 2.00 bits per heavy atom. The molecule has 20 heavy (non-hydrogen) atoms. The fraction of sp³-hybridized carbons (Fsp3) is 0.467. The van der Waals surface area contributed by atoms with Crippen molar-refractivity contribution in [1.29, 1.82) is 0 Å². The number of benzene rings is 1. The van der Waals surface area contributed by atoms with Crippen molar-refractivity contribution < 1.29 is 14.3 Å². The molecule has 5 nitrogen and oxygen atoms in total. The van der Waals surface area contributed by atoms with Crippen LogP contribution in [0.15, 0.2) is 24.3 Å². The third-order valence-electron chi connectivity index (χ3n) is 3.53.